The molecule has 0 rings (SSSR count). The van der Waals surface area contributed by atoms with Crippen molar-refractivity contribution in [3.05, 3.63) is 0 Å². The van der Waals surface area contributed by atoms with E-state index in [1.165, 1.54) is 0 Å². The SMILES string of the molecule is CCCP(O)C(O)CCO. The van der Waals surface area contributed by atoms with E-state index in [2.05, 4.69) is 0 Å². The first-order valence-electron chi connectivity index (χ1n) is 3.46. The van der Waals surface area contributed by atoms with Gasteiger partial charge in [0, 0.05) is 13.0 Å². The van der Waals surface area contributed by atoms with Crippen molar-refractivity contribution >= 4 is 8.15 Å². The average Bonchev–Trinajstić information content (AvgIpc) is 1.89. The Morgan fingerprint density at radius 1 is 1.50 bits per heavy atom. The molecule has 0 radical (unpaired) electrons. The van der Waals surface area contributed by atoms with Crippen LogP contribution in [0.5, 0.6) is 0 Å². The zero-order valence-electron chi connectivity index (χ0n) is 6.19. The van der Waals surface area contributed by atoms with Crippen LogP contribution in [0.15, 0.2) is 0 Å². The Morgan fingerprint density at radius 2 is 2.10 bits per heavy atom. The molecular weight excluding hydrogens is 151 g/mol. The summed E-state index contributed by atoms with van der Waals surface area (Å²) in [6.45, 7) is 1.90. The highest BCUT2D eigenvalue weighted by Crippen LogP contribution is 2.36. The van der Waals surface area contributed by atoms with E-state index in [1.54, 1.807) is 0 Å². The summed E-state index contributed by atoms with van der Waals surface area (Å²) >= 11 is 0. The molecule has 0 saturated carbocycles. The van der Waals surface area contributed by atoms with Crippen molar-refractivity contribution in [2.24, 2.45) is 0 Å². The second-order valence-corrected chi connectivity index (χ2v) is 4.08. The van der Waals surface area contributed by atoms with Gasteiger partial charge in [-0.15, -0.1) is 0 Å². The van der Waals surface area contributed by atoms with Crippen LogP contribution in [-0.4, -0.2) is 33.7 Å². The molecule has 0 fully saturated rings. The van der Waals surface area contributed by atoms with E-state index in [4.69, 9.17) is 15.1 Å². The van der Waals surface area contributed by atoms with Crippen molar-refractivity contribution in [2.75, 3.05) is 12.8 Å². The molecule has 0 aliphatic heterocycles. The molecule has 0 heterocycles. The fourth-order valence-corrected chi connectivity index (χ4v) is 1.81. The van der Waals surface area contributed by atoms with Crippen LogP contribution in [0.25, 0.3) is 0 Å². The quantitative estimate of drug-likeness (QED) is 0.521. The molecule has 0 aromatic carbocycles. The maximum atomic E-state index is 9.15. The van der Waals surface area contributed by atoms with Crippen LogP contribution in [0, 0.1) is 0 Å². The maximum absolute atomic E-state index is 9.15. The molecule has 0 aliphatic carbocycles. The monoisotopic (exact) mass is 166 g/mol. The van der Waals surface area contributed by atoms with E-state index >= 15 is 0 Å². The van der Waals surface area contributed by atoms with Gasteiger partial charge in [0.15, 0.2) is 0 Å². The summed E-state index contributed by atoms with van der Waals surface area (Å²) in [5.41, 5.74) is 0. The number of hydrogen-bond donors (Lipinski definition) is 3. The minimum atomic E-state index is -1.25. The third kappa shape index (κ3) is 4.18. The average molecular weight is 166 g/mol. The Kier molecular flexibility index (Phi) is 6.24. The molecule has 0 aliphatic rings. The van der Waals surface area contributed by atoms with E-state index in [0.717, 1.165) is 6.42 Å². The van der Waals surface area contributed by atoms with E-state index in [1.807, 2.05) is 6.92 Å². The molecule has 10 heavy (non-hydrogen) atoms. The second kappa shape index (κ2) is 6.05. The van der Waals surface area contributed by atoms with Crippen LogP contribution < -0.4 is 0 Å². The minimum Gasteiger partial charge on any atom is -0.396 e. The van der Waals surface area contributed by atoms with E-state index in [9.17, 15) is 0 Å². The lowest BCUT2D eigenvalue weighted by molar-refractivity contribution is 0.187. The molecule has 0 spiro atoms. The lowest BCUT2D eigenvalue weighted by Gasteiger charge is -2.14. The molecule has 3 N–H and O–H groups in total. The van der Waals surface area contributed by atoms with Crippen LogP contribution in [0.3, 0.4) is 0 Å². The molecule has 4 heteroatoms. The molecule has 0 aromatic heterocycles. The number of aliphatic hydroxyl groups is 2. The fourth-order valence-electron chi connectivity index (χ4n) is 0.643. The zero-order chi connectivity index (χ0) is 7.98. The molecule has 0 bridgehead atoms. The summed E-state index contributed by atoms with van der Waals surface area (Å²) in [5, 5.41) is 17.5. The van der Waals surface area contributed by atoms with Gasteiger partial charge in [0.05, 0.1) is 14.0 Å². The largest absolute Gasteiger partial charge is 0.396 e. The predicted octanol–water partition coefficient (Wildman–Crippen LogP) is 0.486. The van der Waals surface area contributed by atoms with Gasteiger partial charge in [-0.3, -0.25) is 0 Å². The Morgan fingerprint density at radius 3 is 2.50 bits per heavy atom. The van der Waals surface area contributed by atoms with Crippen LogP contribution in [0.1, 0.15) is 19.8 Å². The Bertz CT molecular complexity index is 69.4. The van der Waals surface area contributed by atoms with Gasteiger partial charge >= 0.3 is 0 Å². The van der Waals surface area contributed by atoms with Crippen LogP contribution in [0.2, 0.25) is 0 Å². The molecule has 0 saturated heterocycles. The van der Waals surface area contributed by atoms with Gasteiger partial charge in [-0.2, -0.15) is 0 Å². The normalized spacial score (nSPS) is 16.8. The first kappa shape index (κ1) is 10.3. The first-order valence-corrected chi connectivity index (χ1v) is 5.01. The highest BCUT2D eigenvalue weighted by atomic mass is 31.1. The number of rotatable bonds is 5. The molecule has 2 atom stereocenters. The van der Waals surface area contributed by atoms with Crippen LogP contribution in [0.4, 0.5) is 0 Å². The first-order chi connectivity index (χ1) is 4.72. The van der Waals surface area contributed by atoms with Crippen molar-refractivity contribution in [2.45, 2.75) is 25.6 Å². The standard InChI is InChI=1S/C6H15O3P/c1-2-5-10(9)6(8)3-4-7/h6-9H,2-5H2,1H3. The summed E-state index contributed by atoms with van der Waals surface area (Å²) in [6, 6.07) is 0. The van der Waals surface area contributed by atoms with Crippen molar-refractivity contribution in [1.29, 1.82) is 0 Å². The molecule has 2 unspecified atom stereocenters. The third-order valence-corrected chi connectivity index (χ3v) is 3.04. The molecule has 0 aromatic rings. The molecule has 62 valence electrons. The highest BCUT2D eigenvalue weighted by Gasteiger charge is 2.13. The van der Waals surface area contributed by atoms with Gasteiger partial charge < -0.3 is 15.1 Å². The molecule has 3 nitrogen and oxygen atoms in total. The van der Waals surface area contributed by atoms with E-state index in [0.29, 0.717) is 12.6 Å². The van der Waals surface area contributed by atoms with Gasteiger partial charge in [-0.25, -0.2) is 0 Å². The Hall–Kier alpha value is 0.310. The minimum absolute atomic E-state index is 0.0513. The van der Waals surface area contributed by atoms with Crippen molar-refractivity contribution in [3.63, 3.8) is 0 Å². The Balaban J connectivity index is 3.38. The summed E-state index contributed by atoms with van der Waals surface area (Å²) in [6.07, 6.45) is 1.84. The van der Waals surface area contributed by atoms with Crippen molar-refractivity contribution in [1.82, 2.24) is 0 Å². The molecular formula is C6H15O3P. The lowest BCUT2D eigenvalue weighted by Crippen LogP contribution is -2.07. The lowest BCUT2D eigenvalue weighted by atomic mass is 10.5. The number of hydrogen-bond acceptors (Lipinski definition) is 3. The van der Waals surface area contributed by atoms with Gasteiger partial charge in [-0.05, 0) is 12.6 Å². The Labute approximate surface area is 62.5 Å². The van der Waals surface area contributed by atoms with Gasteiger partial charge in [0.2, 0.25) is 0 Å². The highest BCUT2D eigenvalue weighted by molar-refractivity contribution is 7.52. The third-order valence-electron chi connectivity index (χ3n) is 1.18. The fraction of sp³-hybridized carbons (Fsp3) is 1.00. The molecule has 0 amide bonds. The van der Waals surface area contributed by atoms with Crippen LogP contribution >= 0.6 is 8.15 Å². The topological polar surface area (TPSA) is 60.7 Å². The maximum Gasteiger partial charge on any atom is 0.0997 e. The van der Waals surface area contributed by atoms with E-state index < -0.39 is 14.0 Å². The summed E-state index contributed by atoms with van der Waals surface area (Å²) in [5.74, 6) is -0.694. The van der Waals surface area contributed by atoms with Crippen molar-refractivity contribution in [3.8, 4) is 0 Å². The number of aliphatic hydroxyl groups excluding tert-OH is 2. The van der Waals surface area contributed by atoms with Crippen LogP contribution in [-0.2, 0) is 0 Å². The zero-order valence-corrected chi connectivity index (χ0v) is 7.09. The second-order valence-electron chi connectivity index (χ2n) is 2.16. The van der Waals surface area contributed by atoms with Gasteiger partial charge in [-0.1, -0.05) is 6.92 Å². The summed E-state index contributed by atoms with van der Waals surface area (Å²) in [7, 11) is -1.25. The summed E-state index contributed by atoms with van der Waals surface area (Å²) in [4.78, 5) is 9.15. The van der Waals surface area contributed by atoms with Crippen molar-refractivity contribution < 1.29 is 15.1 Å². The summed E-state index contributed by atoms with van der Waals surface area (Å²) < 4.78 is 0. The predicted molar refractivity (Wildman–Crippen MR) is 42.0 cm³/mol. The van der Waals surface area contributed by atoms with Gasteiger partial charge in [0.1, 0.15) is 0 Å². The smallest absolute Gasteiger partial charge is 0.0997 e. The van der Waals surface area contributed by atoms with E-state index in [-0.39, 0.29) is 6.61 Å². The van der Waals surface area contributed by atoms with Gasteiger partial charge in [0.25, 0.3) is 0 Å².